The van der Waals surface area contributed by atoms with E-state index in [9.17, 15) is 0 Å². The van der Waals surface area contributed by atoms with E-state index >= 15 is 0 Å². The summed E-state index contributed by atoms with van der Waals surface area (Å²) < 4.78 is 2.48. The van der Waals surface area contributed by atoms with E-state index < -0.39 is 0 Å². The first-order valence-electron chi connectivity index (χ1n) is 4.21. The molecule has 1 rings (SSSR count). The molecule has 0 aromatic carbocycles. The molecular weight excluding hydrogens is 234 g/mol. The Morgan fingerprint density at radius 3 is 2.77 bits per heavy atom. The molecule has 0 amide bonds. The summed E-state index contributed by atoms with van der Waals surface area (Å²) in [4.78, 5) is 0. The van der Waals surface area contributed by atoms with Gasteiger partial charge in [-0.2, -0.15) is 0 Å². The molecule has 5 nitrogen and oxygen atoms in total. The van der Waals surface area contributed by atoms with E-state index in [-0.39, 0.29) is 6.04 Å². The molecule has 1 atom stereocenters. The van der Waals surface area contributed by atoms with Crippen LogP contribution in [0.25, 0.3) is 0 Å². The minimum absolute atomic E-state index is 0.111. The third kappa shape index (κ3) is 2.26. The maximum absolute atomic E-state index is 5.45. The summed E-state index contributed by atoms with van der Waals surface area (Å²) in [6.07, 6.45) is 2.03. The zero-order valence-electron chi connectivity index (χ0n) is 7.79. The number of hydrogen-bond donors (Lipinski definition) is 2. The number of hydrogen-bond acceptors (Lipinski definition) is 4. The van der Waals surface area contributed by atoms with Crippen LogP contribution < -0.4 is 11.3 Å². The van der Waals surface area contributed by atoms with Gasteiger partial charge in [0.05, 0.1) is 11.7 Å². The predicted octanol–water partition coefficient (Wildman–Crippen LogP) is 0.882. The van der Waals surface area contributed by atoms with Crippen LogP contribution in [0.1, 0.15) is 31.5 Å². The van der Waals surface area contributed by atoms with Crippen LogP contribution >= 0.6 is 15.9 Å². The molecule has 13 heavy (non-hydrogen) atoms. The lowest BCUT2D eigenvalue weighted by molar-refractivity contribution is 0.473. The number of halogens is 1. The van der Waals surface area contributed by atoms with Crippen LogP contribution in [-0.2, 0) is 7.05 Å². The molecule has 0 aliphatic carbocycles. The van der Waals surface area contributed by atoms with Gasteiger partial charge in [0.25, 0.3) is 0 Å². The topological polar surface area (TPSA) is 68.8 Å². The van der Waals surface area contributed by atoms with Gasteiger partial charge in [0.2, 0.25) is 0 Å². The SMILES string of the molecule is CCCC(NN)c1c(Br)nnn1C. The van der Waals surface area contributed by atoms with Crippen LogP contribution in [0, 0.1) is 0 Å². The van der Waals surface area contributed by atoms with Crippen molar-refractivity contribution in [2.75, 3.05) is 0 Å². The fraction of sp³-hybridized carbons (Fsp3) is 0.714. The Bertz CT molecular complexity index is 252. The summed E-state index contributed by atoms with van der Waals surface area (Å²) in [6.45, 7) is 2.11. The first-order chi connectivity index (χ1) is 6.20. The van der Waals surface area contributed by atoms with Gasteiger partial charge in [0.1, 0.15) is 0 Å². The molecule has 3 N–H and O–H groups in total. The van der Waals surface area contributed by atoms with Crippen LogP contribution in [0.3, 0.4) is 0 Å². The van der Waals surface area contributed by atoms with Crippen LogP contribution in [0.15, 0.2) is 4.60 Å². The molecule has 0 aliphatic heterocycles. The standard InChI is InChI=1S/C7H14BrN5/c1-3-4-5(10-9)6-7(8)11-12-13(6)2/h5,10H,3-4,9H2,1-2H3. The summed E-state index contributed by atoms with van der Waals surface area (Å²) in [5.74, 6) is 5.45. The number of aromatic nitrogens is 3. The van der Waals surface area contributed by atoms with E-state index in [2.05, 4.69) is 38.6 Å². The predicted molar refractivity (Wildman–Crippen MR) is 53.7 cm³/mol. The van der Waals surface area contributed by atoms with Crippen molar-refractivity contribution in [3.05, 3.63) is 10.3 Å². The van der Waals surface area contributed by atoms with Crippen molar-refractivity contribution in [3.8, 4) is 0 Å². The van der Waals surface area contributed by atoms with Crippen LogP contribution in [0.4, 0.5) is 0 Å². The Balaban J connectivity index is 2.89. The third-order valence-electron chi connectivity index (χ3n) is 1.94. The lowest BCUT2D eigenvalue weighted by atomic mass is 10.1. The summed E-state index contributed by atoms with van der Waals surface area (Å²) in [5.41, 5.74) is 3.75. The molecule has 0 fully saturated rings. The van der Waals surface area contributed by atoms with Gasteiger partial charge in [-0.15, -0.1) is 5.10 Å². The molecule has 6 heteroatoms. The first kappa shape index (κ1) is 10.6. The van der Waals surface area contributed by atoms with Crippen molar-refractivity contribution in [2.24, 2.45) is 12.9 Å². The number of nitrogens with zero attached hydrogens (tertiary/aromatic N) is 3. The second-order valence-electron chi connectivity index (χ2n) is 2.90. The second kappa shape index (κ2) is 4.69. The molecule has 0 saturated heterocycles. The lowest BCUT2D eigenvalue weighted by Gasteiger charge is -2.14. The van der Waals surface area contributed by atoms with Crippen molar-refractivity contribution in [1.82, 2.24) is 20.4 Å². The molecule has 0 bridgehead atoms. The molecule has 1 heterocycles. The highest BCUT2D eigenvalue weighted by Crippen LogP contribution is 2.22. The maximum Gasteiger partial charge on any atom is 0.153 e. The van der Waals surface area contributed by atoms with Gasteiger partial charge < -0.3 is 0 Å². The van der Waals surface area contributed by atoms with Gasteiger partial charge in [-0.25, -0.2) is 4.68 Å². The Kier molecular flexibility index (Phi) is 3.83. The monoisotopic (exact) mass is 247 g/mol. The van der Waals surface area contributed by atoms with E-state index in [1.54, 1.807) is 4.68 Å². The van der Waals surface area contributed by atoms with E-state index in [1.165, 1.54) is 0 Å². The number of hydrazine groups is 1. The summed E-state index contributed by atoms with van der Waals surface area (Å²) in [7, 11) is 1.85. The van der Waals surface area contributed by atoms with Crippen LogP contribution in [0.5, 0.6) is 0 Å². The van der Waals surface area contributed by atoms with Gasteiger partial charge in [-0.05, 0) is 22.4 Å². The zero-order valence-corrected chi connectivity index (χ0v) is 9.37. The van der Waals surface area contributed by atoms with Gasteiger partial charge in [0.15, 0.2) is 4.60 Å². The van der Waals surface area contributed by atoms with E-state index in [0.717, 1.165) is 23.1 Å². The normalized spacial score (nSPS) is 13.2. The van der Waals surface area contributed by atoms with Crippen LogP contribution in [0.2, 0.25) is 0 Å². The van der Waals surface area contributed by atoms with Crippen molar-refractivity contribution < 1.29 is 0 Å². The molecule has 74 valence electrons. The Morgan fingerprint density at radius 1 is 1.69 bits per heavy atom. The lowest BCUT2D eigenvalue weighted by Crippen LogP contribution is -2.29. The minimum Gasteiger partial charge on any atom is -0.271 e. The maximum atomic E-state index is 5.45. The van der Waals surface area contributed by atoms with E-state index in [1.807, 2.05) is 7.05 Å². The van der Waals surface area contributed by atoms with Crippen molar-refractivity contribution in [1.29, 1.82) is 0 Å². The number of aryl methyl sites for hydroxylation is 1. The zero-order chi connectivity index (χ0) is 9.84. The highest BCUT2D eigenvalue weighted by atomic mass is 79.9. The summed E-state index contributed by atoms with van der Waals surface area (Å²) in [5, 5.41) is 7.79. The first-order valence-corrected chi connectivity index (χ1v) is 5.01. The van der Waals surface area contributed by atoms with Crippen molar-refractivity contribution in [2.45, 2.75) is 25.8 Å². The Morgan fingerprint density at radius 2 is 2.38 bits per heavy atom. The fourth-order valence-corrected chi connectivity index (χ4v) is 1.90. The molecule has 0 aliphatic rings. The minimum atomic E-state index is 0.111. The molecular formula is C7H14BrN5. The average molecular weight is 248 g/mol. The molecule has 0 saturated carbocycles. The highest BCUT2D eigenvalue weighted by Gasteiger charge is 2.17. The highest BCUT2D eigenvalue weighted by molar-refractivity contribution is 9.10. The average Bonchev–Trinajstić information content (AvgIpc) is 2.43. The van der Waals surface area contributed by atoms with Gasteiger partial charge >= 0.3 is 0 Å². The largest absolute Gasteiger partial charge is 0.271 e. The molecule has 1 aromatic heterocycles. The second-order valence-corrected chi connectivity index (χ2v) is 3.65. The van der Waals surface area contributed by atoms with Gasteiger partial charge in [0, 0.05) is 7.05 Å². The van der Waals surface area contributed by atoms with Crippen molar-refractivity contribution >= 4 is 15.9 Å². The quantitative estimate of drug-likeness (QED) is 0.613. The van der Waals surface area contributed by atoms with E-state index in [0.29, 0.717) is 0 Å². The number of rotatable bonds is 4. The van der Waals surface area contributed by atoms with Crippen LogP contribution in [-0.4, -0.2) is 15.0 Å². The smallest absolute Gasteiger partial charge is 0.153 e. The molecule has 0 spiro atoms. The summed E-state index contributed by atoms with van der Waals surface area (Å²) in [6, 6.07) is 0.111. The Labute approximate surface area is 85.8 Å². The molecule has 1 aromatic rings. The Hall–Kier alpha value is -0.460. The third-order valence-corrected chi connectivity index (χ3v) is 2.50. The number of nitrogens with one attached hydrogen (secondary N) is 1. The van der Waals surface area contributed by atoms with E-state index in [4.69, 9.17) is 5.84 Å². The molecule has 1 unspecified atom stereocenters. The summed E-state index contributed by atoms with van der Waals surface area (Å²) >= 11 is 3.34. The number of nitrogens with two attached hydrogens (primary N) is 1. The van der Waals surface area contributed by atoms with Gasteiger partial charge in [-0.3, -0.25) is 11.3 Å². The molecule has 0 radical (unpaired) electrons. The van der Waals surface area contributed by atoms with Crippen molar-refractivity contribution in [3.63, 3.8) is 0 Å². The fourth-order valence-electron chi connectivity index (χ4n) is 1.30. The van der Waals surface area contributed by atoms with Gasteiger partial charge in [-0.1, -0.05) is 18.6 Å².